The molecule has 0 aliphatic rings. The molecule has 0 unspecified atom stereocenters. The van der Waals surface area contributed by atoms with Gasteiger partial charge in [0.25, 0.3) is 15.6 Å². The van der Waals surface area contributed by atoms with E-state index >= 15 is 0 Å². The maximum Gasteiger partial charge on any atom is 0.416 e. The third-order valence-corrected chi connectivity index (χ3v) is 7.16. The van der Waals surface area contributed by atoms with Crippen molar-refractivity contribution >= 4 is 16.1 Å². The van der Waals surface area contributed by atoms with Crippen LogP contribution >= 0.6 is 0 Å². The maximum absolute atomic E-state index is 13.4. The van der Waals surface area contributed by atoms with Gasteiger partial charge in [0.2, 0.25) is 0 Å². The van der Waals surface area contributed by atoms with Gasteiger partial charge in [-0.15, -0.1) is 0 Å². The summed E-state index contributed by atoms with van der Waals surface area (Å²) in [7, 11) is -3.89. The van der Waals surface area contributed by atoms with Crippen LogP contribution in [0.2, 0.25) is 0 Å². The molecule has 0 aliphatic carbocycles. The first-order chi connectivity index (χ1) is 18.7. The third-order valence-electron chi connectivity index (χ3n) is 5.85. The van der Waals surface area contributed by atoms with Crippen LogP contribution in [0.5, 0.6) is 0 Å². The van der Waals surface area contributed by atoms with E-state index in [1.807, 2.05) is 6.07 Å². The number of hydrogen-bond donors (Lipinski definition) is 1. The van der Waals surface area contributed by atoms with E-state index in [2.05, 4.69) is 5.10 Å². The monoisotopic (exact) mass is 573 g/mol. The minimum Gasteiger partial charge on any atom is -0.529 e. The molecule has 0 radical (unpaired) electrons. The molecule has 12 nitrogen and oxygen atoms in total. The Morgan fingerprint density at radius 3 is 2.33 bits per heavy atom. The lowest BCUT2D eigenvalue weighted by Crippen LogP contribution is -2.41. The van der Waals surface area contributed by atoms with Crippen LogP contribution in [-0.4, -0.2) is 33.4 Å². The molecule has 0 spiro atoms. The third kappa shape index (κ3) is 4.85. The summed E-state index contributed by atoms with van der Waals surface area (Å²) in [6.45, 7) is 1.21. The van der Waals surface area contributed by atoms with Gasteiger partial charge in [-0.25, -0.2) is 17.9 Å². The lowest BCUT2D eigenvalue weighted by molar-refractivity contribution is -0.248. The average Bonchev–Trinajstić information content (AvgIpc) is 3.32. The number of carboxylic acid groups (broad SMARTS) is 1. The Labute approximate surface area is 222 Å². The van der Waals surface area contributed by atoms with Gasteiger partial charge < -0.3 is 9.90 Å². The highest BCUT2D eigenvalue weighted by Gasteiger charge is 2.32. The summed E-state index contributed by atoms with van der Waals surface area (Å²) in [5, 5.41) is 24.2. The van der Waals surface area contributed by atoms with Gasteiger partial charge in [0.05, 0.1) is 40.3 Å². The molecule has 40 heavy (non-hydrogen) atoms. The number of alkyl halides is 3. The molecule has 4 rings (SSSR count). The molecule has 0 saturated carbocycles. The molecular formula is C24H16F3N6O6S-. The van der Waals surface area contributed by atoms with Gasteiger partial charge in [-0.1, -0.05) is 6.07 Å². The highest BCUT2D eigenvalue weighted by atomic mass is 32.2. The van der Waals surface area contributed by atoms with Crippen LogP contribution in [0, 0.1) is 18.3 Å². The van der Waals surface area contributed by atoms with Crippen LogP contribution in [0.1, 0.15) is 16.8 Å². The number of aromatic nitrogens is 4. The number of carbonyl (C=O) groups is 1. The first-order valence-corrected chi connectivity index (χ1v) is 12.5. The molecule has 2 aromatic carbocycles. The summed E-state index contributed by atoms with van der Waals surface area (Å²) < 4.78 is 69.6. The second-order valence-electron chi connectivity index (χ2n) is 8.31. The second kappa shape index (κ2) is 9.85. The van der Waals surface area contributed by atoms with Crippen molar-refractivity contribution < 1.29 is 31.5 Å². The zero-order valence-corrected chi connectivity index (χ0v) is 21.2. The number of carbonyl (C=O) groups excluding carboxylic acids is 1. The SMILES string of the molecule is Cc1c(-c2c(S(=O)(=O)NC(=O)[O-])cnn2-c2ccc(C#N)cc2)c(=O)n(C)c(=O)n1-c1cccc(C(F)(F)F)c1. The molecule has 16 heteroatoms. The molecule has 1 amide bonds. The van der Waals surface area contributed by atoms with E-state index in [1.54, 1.807) is 0 Å². The fourth-order valence-electron chi connectivity index (χ4n) is 4.01. The molecule has 0 bridgehead atoms. The van der Waals surface area contributed by atoms with Crippen LogP contribution in [0.3, 0.4) is 0 Å². The van der Waals surface area contributed by atoms with Crippen molar-refractivity contribution in [1.82, 2.24) is 23.6 Å². The van der Waals surface area contributed by atoms with Crippen molar-refractivity contribution in [1.29, 1.82) is 5.26 Å². The maximum atomic E-state index is 13.4. The Hall–Kier alpha value is -5.17. The van der Waals surface area contributed by atoms with Crippen molar-refractivity contribution in [2.24, 2.45) is 7.05 Å². The first kappa shape index (κ1) is 27.9. The Balaban J connectivity index is 2.14. The van der Waals surface area contributed by atoms with Crippen LogP contribution in [0.4, 0.5) is 18.0 Å². The fraction of sp³-hybridized carbons (Fsp3) is 0.125. The zero-order valence-electron chi connectivity index (χ0n) is 20.4. The number of amides is 1. The largest absolute Gasteiger partial charge is 0.529 e. The summed E-state index contributed by atoms with van der Waals surface area (Å²) >= 11 is 0. The normalized spacial score (nSPS) is 11.7. The lowest BCUT2D eigenvalue weighted by atomic mass is 10.1. The van der Waals surface area contributed by atoms with Crippen molar-refractivity contribution in [3.8, 4) is 28.7 Å². The lowest BCUT2D eigenvalue weighted by Gasteiger charge is -2.19. The number of hydrogen-bond acceptors (Lipinski definition) is 8. The van der Waals surface area contributed by atoms with Crippen LogP contribution in [-0.2, 0) is 23.2 Å². The fourth-order valence-corrected chi connectivity index (χ4v) is 4.97. The van der Waals surface area contributed by atoms with Crippen LogP contribution in [0.25, 0.3) is 22.6 Å². The number of halogens is 3. The van der Waals surface area contributed by atoms with Crippen molar-refractivity contribution in [2.75, 3.05) is 0 Å². The van der Waals surface area contributed by atoms with E-state index in [0.29, 0.717) is 10.6 Å². The number of nitrogens with one attached hydrogen (secondary N) is 1. The molecule has 206 valence electrons. The van der Waals surface area contributed by atoms with Crippen molar-refractivity contribution in [2.45, 2.75) is 18.0 Å². The number of nitrogens with zero attached hydrogens (tertiary/aromatic N) is 5. The summed E-state index contributed by atoms with van der Waals surface area (Å²) in [5.41, 5.74) is -4.36. The average molecular weight is 573 g/mol. The molecule has 0 atom stereocenters. The molecule has 2 heterocycles. The number of rotatable bonds is 5. The van der Waals surface area contributed by atoms with E-state index < -0.39 is 55.3 Å². The van der Waals surface area contributed by atoms with Gasteiger partial charge in [0.1, 0.15) is 16.7 Å². The number of nitriles is 1. The number of sulfonamides is 1. The minimum atomic E-state index is -4.93. The van der Waals surface area contributed by atoms with E-state index in [0.717, 1.165) is 34.6 Å². The topological polar surface area (TPSA) is 172 Å². The highest BCUT2D eigenvalue weighted by molar-refractivity contribution is 7.90. The minimum absolute atomic E-state index is 0.127. The standard InChI is InChI=1S/C24H17F3N6O6S/c1-13-19(21(34)31(2)23(37)32(13)17-5-3-4-15(10-17)24(25,26)27)20-18(40(38,39)30-22(35)36)12-29-33(20)16-8-6-14(11-28)7-9-16/h3-10,12,30H,1-2H3,(H,35,36)/p-1. The highest BCUT2D eigenvalue weighted by Crippen LogP contribution is 2.32. The molecule has 0 saturated heterocycles. The molecular weight excluding hydrogens is 557 g/mol. The summed E-state index contributed by atoms with van der Waals surface area (Å²) in [5.74, 6) is 0. The summed E-state index contributed by atoms with van der Waals surface area (Å²) in [6.07, 6.45) is -6.20. The van der Waals surface area contributed by atoms with Gasteiger partial charge in [-0.2, -0.15) is 23.5 Å². The van der Waals surface area contributed by atoms with Crippen LogP contribution < -0.4 is 21.1 Å². The molecule has 1 N–H and O–H groups in total. The van der Waals surface area contributed by atoms with Crippen LogP contribution in [0.15, 0.2) is 69.2 Å². The smallest absolute Gasteiger partial charge is 0.416 e. The van der Waals surface area contributed by atoms with Gasteiger partial charge in [-0.3, -0.25) is 18.7 Å². The zero-order chi connectivity index (χ0) is 29.6. The van der Waals surface area contributed by atoms with E-state index in [4.69, 9.17) is 5.26 Å². The molecule has 0 fully saturated rings. The van der Waals surface area contributed by atoms with Gasteiger partial charge in [0.15, 0.2) is 0 Å². The Bertz CT molecular complexity index is 1930. The van der Waals surface area contributed by atoms with Gasteiger partial charge in [0, 0.05) is 12.7 Å². The Kier molecular flexibility index (Phi) is 6.86. The van der Waals surface area contributed by atoms with E-state index in [9.17, 15) is 41.1 Å². The Morgan fingerprint density at radius 2 is 1.75 bits per heavy atom. The molecule has 4 aromatic rings. The molecule has 2 aromatic heterocycles. The summed E-state index contributed by atoms with van der Waals surface area (Å²) in [6, 6.07) is 11.0. The van der Waals surface area contributed by atoms with Gasteiger partial charge in [-0.05, 0) is 49.4 Å². The second-order valence-corrected chi connectivity index (χ2v) is 9.96. The summed E-state index contributed by atoms with van der Waals surface area (Å²) in [4.78, 5) is 36.9. The quantitative estimate of drug-likeness (QED) is 0.371. The predicted octanol–water partition coefficient (Wildman–Crippen LogP) is 1.21. The Morgan fingerprint density at radius 1 is 1.10 bits per heavy atom. The van der Waals surface area contributed by atoms with Gasteiger partial charge >= 0.3 is 11.9 Å². The number of benzene rings is 2. The van der Waals surface area contributed by atoms with Crippen molar-refractivity contribution in [3.05, 3.63) is 92.4 Å². The molecule has 0 aliphatic heterocycles. The first-order valence-electron chi connectivity index (χ1n) is 11.0. The van der Waals surface area contributed by atoms with E-state index in [-0.39, 0.29) is 22.6 Å². The van der Waals surface area contributed by atoms with E-state index in [1.165, 1.54) is 42.0 Å². The van der Waals surface area contributed by atoms with Crippen molar-refractivity contribution in [3.63, 3.8) is 0 Å². The predicted molar refractivity (Wildman–Crippen MR) is 130 cm³/mol.